The molecular weight excluding hydrogens is 239 g/mol. The number of ether oxygens (including phenoxy) is 1. The second-order valence-electron chi connectivity index (χ2n) is 2.89. The van der Waals surface area contributed by atoms with E-state index in [0.717, 1.165) is 0 Å². The minimum Gasteiger partial charge on any atom is -0.491 e. The van der Waals surface area contributed by atoms with Crippen molar-refractivity contribution in [2.24, 2.45) is 0 Å². The van der Waals surface area contributed by atoms with E-state index in [1.807, 2.05) is 6.92 Å². The predicted molar refractivity (Wildman–Crippen MR) is 59.0 cm³/mol. The zero-order valence-corrected chi connectivity index (χ0v) is 9.60. The predicted octanol–water partition coefficient (Wildman–Crippen LogP) is 3.02. The molecule has 3 nitrogen and oxygen atoms in total. The van der Waals surface area contributed by atoms with E-state index < -0.39 is 5.97 Å². The lowest BCUT2D eigenvalue weighted by Gasteiger charge is -2.09. The third-order valence-electron chi connectivity index (χ3n) is 1.70. The van der Waals surface area contributed by atoms with Gasteiger partial charge in [-0.05, 0) is 24.6 Å². The number of rotatable bonds is 4. The molecule has 1 aromatic rings. The normalized spacial score (nSPS) is 10.1. The summed E-state index contributed by atoms with van der Waals surface area (Å²) in [4.78, 5) is 10.5. The second kappa shape index (κ2) is 5.24. The smallest absolute Gasteiger partial charge is 0.307 e. The second-order valence-corrected chi connectivity index (χ2v) is 3.71. The number of benzene rings is 1. The molecule has 0 saturated carbocycles. The third-order valence-corrected chi connectivity index (χ3v) is 2.26. The molecule has 0 saturated heterocycles. The van der Waals surface area contributed by atoms with Crippen molar-refractivity contribution in [2.45, 2.75) is 13.3 Å². The fourth-order valence-electron chi connectivity index (χ4n) is 1.17. The van der Waals surface area contributed by atoms with Gasteiger partial charge >= 0.3 is 5.97 Å². The average Bonchev–Trinajstić information content (AvgIpc) is 2.10. The molecule has 82 valence electrons. The molecule has 0 fully saturated rings. The summed E-state index contributed by atoms with van der Waals surface area (Å²) in [5, 5.41) is 9.27. The van der Waals surface area contributed by atoms with E-state index in [4.69, 9.17) is 33.0 Å². The molecule has 15 heavy (non-hydrogen) atoms. The highest BCUT2D eigenvalue weighted by Crippen LogP contribution is 2.34. The maximum Gasteiger partial charge on any atom is 0.307 e. The van der Waals surface area contributed by atoms with Crippen molar-refractivity contribution in [1.82, 2.24) is 0 Å². The van der Waals surface area contributed by atoms with Crippen LogP contribution in [0.1, 0.15) is 12.5 Å². The highest BCUT2D eigenvalue weighted by molar-refractivity contribution is 6.37. The SMILES string of the molecule is CCOc1c(Cl)cc(CC(=O)O)cc1Cl. The molecule has 0 spiro atoms. The molecule has 0 aromatic heterocycles. The Labute approximate surface area is 97.6 Å². The van der Waals surface area contributed by atoms with Gasteiger partial charge < -0.3 is 9.84 Å². The zero-order chi connectivity index (χ0) is 11.4. The van der Waals surface area contributed by atoms with Crippen molar-refractivity contribution in [3.63, 3.8) is 0 Å². The Morgan fingerprint density at radius 1 is 1.40 bits per heavy atom. The molecule has 0 heterocycles. The van der Waals surface area contributed by atoms with Crippen LogP contribution < -0.4 is 4.74 Å². The van der Waals surface area contributed by atoms with Crippen LogP contribution in [0.5, 0.6) is 5.75 Å². The van der Waals surface area contributed by atoms with E-state index in [1.165, 1.54) is 0 Å². The lowest BCUT2D eigenvalue weighted by molar-refractivity contribution is -0.136. The first-order chi connectivity index (χ1) is 7.04. The van der Waals surface area contributed by atoms with Gasteiger partial charge in [0.25, 0.3) is 0 Å². The lowest BCUT2D eigenvalue weighted by atomic mass is 10.1. The Bertz CT molecular complexity index is 354. The van der Waals surface area contributed by atoms with Gasteiger partial charge in [0.2, 0.25) is 0 Å². The maximum absolute atomic E-state index is 10.5. The summed E-state index contributed by atoms with van der Waals surface area (Å²) in [6.45, 7) is 2.27. The monoisotopic (exact) mass is 248 g/mol. The van der Waals surface area contributed by atoms with Crippen molar-refractivity contribution < 1.29 is 14.6 Å². The van der Waals surface area contributed by atoms with Gasteiger partial charge in [0.15, 0.2) is 5.75 Å². The van der Waals surface area contributed by atoms with Crippen molar-refractivity contribution >= 4 is 29.2 Å². The van der Waals surface area contributed by atoms with Crippen LogP contribution in [0.2, 0.25) is 10.0 Å². The number of hydrogen-bond acceptors (Lipinski definition) is 2. The molecule has 0 aliphatic heterocycles. The lowest BCUT2D eigenvalue weighted by Crippen LogP contribution is -2.01. The number of aliphatic carboxylic acids is 1. The Morgan fingerprint density at radius 2 is 1.93 bits per heavy atom. The first-order valence-electron chi connectivity index (χ1n) is 4.37. The Kier molecular flexibility index (Phi) is 4.24. The molecule has 0 atom stereocenters. The van der Waals surface area contributed by atoms with E-state index in [9.17, 15) is 4.79 Å². The van der Waals surface area contributed by atoms with Gasteiger partial charge in [-0.1, -0.05) is 23.2 Å². The molecule has 0 aliphatic carbocycles. The number of hydrogen-bond donors (Lipinski definition) is 1. The van der Waals surface area contributed by atoms with Crippen molar-refractivity contribution in [3.05, 3.63) is 27.7 Å². The van der Waals surface area contributed by atoms with E-state index in [-0.39, 0.29) is 6.42 Å². The van der Waals surface area contributed by atoms with Crippen LogP contribution in [0.25, 0.3) is 0 Å². The summed E-state index contributed by atoms with van der Waals surface area (Å²) in [5.41, 5.74) is 0.556. The summed E-state index contributed by atoms with van der Waals surface area (Å²) < 4.78 is 5.22. The average molecular weight is 249 g/mol. The molecule has 1 aromatic carbocycles. The van der Waals surface area contributed by atoms with E-state index in [0.29, 0.717) is 28.0 Å². The maximum atomic E-state index is 10.5. The van der Waals surface area contributed by atoms with Gasteiger partial charge in [-0.25, -0.2) is 0 Å². The molecule has 0 aliphatic rings. The Hall–Kier alpha value is -0.930. The number of carbonyl (C=O) groups is 1. The van der Waals surface area contributed by atoms with Crippen molar-refractivity contribution in [3.8, 4) is 5.75 Å². The number of carboxylic acids is 1. The minimum absolute atomic E-state index is 0.105. The molecule has 0 bridgehead atoms. The van der Waals surface area contributed by atoms with Gasteiger partial charge in [-0.3, -0.25) is 4.79 Å². The van der Waals surface area contributed by atoms with Crippen LogP contribution in [0, 0.1) is 0 Å². The highest BCUT2D eigenvalue weighted by Gasteiger charge is 2.10. The van der Waals surface area contributed by atoms with Crippen LogP contribution in [0.15, 0.2) is 12.1 Å². The molecule has 5 heteroatoms. The van der Waals surface area contributed by atoms with Crippen molar-refractivity contribution in [2.75, 3.05) is 6.61 Å². The fraction of sp³-hybridized carbons (Fsp3) is 0.300. The van der Waals surface area contributed by atoms with Crippen LogP contribution in [0.4, 0.5) is 0 Å². The molecule has 1 N–H and O–H groups in total. The summed E-state index contributed by atoms with van der Waals surface area (Å²) in [5.74, 6) is -0.527. The van der Waals surface area contributed by atoms with Gasteiger partial charge in [-0.15, -0.1) is 0 Å². The van der Waals surface area contributed by atoms with Gasteiger partial charge in [0, 0.05) is 0 Å². The number of halogens is 2. The van der Waals surface area contributed by atoms with Gasteiger partial charge in [0.05, 0.1) is 23.1 Å². The molecule has 1 rings (SSSR count). The fourth-order valence-corrected chi connectivity index (χ4v) is 1.81. The van der Waals surface area contributed by atoms with Gasteiger partial charge in [-0.2, -0.15) is 0 Å². The summed E-state index contributed by atoms with van der Waals surface area (Å²) in [6, 6.07) is 3.10. The molecule has 0 unspecified atom stereocenters. The number of carboxylic acid groups (broad SMARTS) is 1. The third kappa shape index (κ3) is 3.29. The summed E-state index contributed by atoms with van der Waals surface area (Å²) in [6.07, 6.45) is -0.105. The van der Waals surface area contributed by atoms with Crippen molar-refractivity contribution in [1.29, 1.82) is 0 Å². The largest absolute Gasteiger partial charge is 0.491 e. The first-order valence-corrected chi connectivity index (χ1v) is 5.12. The van der Waals surface area contributed by atoms with Crippen LogP contribution >= 0.6 is 23.2 Å². The Morgan fingerprint density at radius 3 is 2.33 bits per heavy atom. The van der Waals surface area contributed by atoms with Crippen LogP contribution in [-0.4, -0.2) is 17.7 Å². The minimum atomic E-state index is -0.925. The highest BCUT2D eigenvalue weighted by atomic mass is 35.5. The van der Waals surface area contributed by atoms with Crippen LogP contribution in [-0.2, 0) is 11.2 Å². The first kappa shape index (κ1) is 12.1. The summed E-state index contributed by atoms with van der Waals surface area (Å²) >= 11 is 11.8. The van der Waals surface area contributed by atoms with E-state index >= 15 is 0 Å². The van der Waals surface area contributed by atoms with E-state index in [2.05, 4.69) is 0 Å². The van der Waals surface area contributed by atoms with E-state index in [1.54, 1.807) is 12.1 Å². The topological polar surface area (TPSA) is 46.5 Å². The molecule has 0 amide bonds. The molecule has 0 radical (unpaired) electrons. The Balaban J connectivity index is 3.02. The van der Waals surface area contributed by atoms with Crippen LogP contribution in [0.3, 0.4) is 0 Å². The molecular formula is C10H10Cl2O3. The summed E-state index contributed by atoms with van der Waals surface area (Å²) in [7, 11) is 0. The standard InChI is InChI=1S/C10H10Cl2O3/c1-2-15-10-7(11)3-6(4-8(10)12)5-9(13)14/h3-4H,2,5H2,1H3,(H,13,14). The quantitative estimate of drug-likeness (QED) is 0.892. The van der Waals surface area contributed by atoms with Gasteiger partial charge in [0.1, 0.15) is 0 Å². The zero-order valence-electron chi connectivity index (χ0n) is 8.09.